The molecule has 1 atom stereocenters. The number of hydrogen-bond donors (Lipinski definition) is 1. The molecule has 0 spiro atoms. The molecule has 15 heavy (non-hydrogen) atoms. The summed E-state index contributed by atoms with van der Waals surface area (Å²) in [5.74, 6) is -1.44. The van der Waals surface area contributed by atoms with Crippen molar-refractivity contribution in [2.75, 3.05) is 6.67 Å². The van der Waals surface area contributed by atoms with Crippen LogP contribution < -0.4 is 5.73 Å². The Morgan fingerprint density at radius 2 is 1.87 bits per heavy atom. The summed E-state index contributed by atoms with van der Waals surface area (Å²) in [6, 6.07) is 1.24. The molecule has 2 N–H and O–H groups in total. The van der Waals surface area contributed by atoms with E-state index in [1.165, 1.54) is 0 Å². The van der Waals surface area contributed by atoms with Crippen molar-refractivity contribution in [2.24, 2.45) is 5.73 Å². The van der Waals surface area contributed by atoms with E-state index in [4.69, 9.17) is 5.73 Å². The van der Waals surface area contributed by atoms with Gasteiger partial charge in [-0.25, -0.2) is 8.78 Å². The molecule has 0 aliphatic rings. The predicted octanol–water partition coefficient (Wildman–Crippen LogP) is 2.81. The van der Waals surface area contributed by atoms with Crippen molar-refractivity contribution in [3.05, 3.63) is 35.1 Å². The summed E-state index contributed by atoms with van der Waals surface area (Å²) < 4.78 is 62.3. The fraction of sp³-hybridized carbons (Fsp3) is 0.333. The van der Waals surface area contributed by atoms with Gasteiger partial charge in [-0.1, -0.05) is 12.1 Å². The second-order valence-corrected chi connectivity index (χ2v) is 2.96. The molecule has 0 amide bonds. The number of halogens is 5. The first-order chi connectivity index (χ1) is 6.88. The van der Waals surface area contributed by atoms with Crippen LogP contribution >= 0.6 is 0 Å². The van der Waals surface area contributed by atoms with Crippen molar-refractivity contribution in [1.82, 2.24) is 0 Å². The maximum Gasteiger partial charge on any atom is 0.419 e. The second kappa shape index (κ2) is 4.14. The Hall–Kier alpha value is -1.17. The molecule has 1 aromatic carbocycles. The Balaban J connectivity index is 3.33. The highest BCUT2D eigenvalue weighted by atomic mass is 19.4. The molecule has 1 nitrogen and oxygen atoms in total. The van der Waals surface area contributed by atoms with E-state index in [2.05, 4.69) is 0 Å². The topological polar surface area (TPSA) is 26.0 Å². The van der Waals surface area contributed by atoms with E-state index < -0.39 is 35.8 Å². The van der Waals surface area contributed by atoms with E-state index in [9.17, 15) is 22.0 Å². The lowest BCUT2D eigenvalue weighted by molar-refractivity contribution is -0.140. The van der Waals surface area contributed by atoms with Crippen LogP contribution in [0.3, 0.4) is 0 Å². The molecule has 0 heterocycles. The highest BCUT2D eigenvalue weighted by Crippen LogP contribution is 2.35. The van der Waals surface area contributed by atoms with E-state index in [0.29, 0.717) is 6.07 Å². The lowest BCUT2D eigenvalue weighted by Gasteiger charge is -2.16. The second-order valence-electron chi connectivity index (χ2n) is 2.96. The van der Waals surface area contributed by atoms with Crippen LogP contribution in [0.2, 0.25) is 0 Å². The maximum atomic E-state index is 12.9. The van der Waals surface area contributed by atoms with Crippen molar-refractivity contribution < 1.29 is 22.0 Å². The van der Waals surface area contributed by atoms with E-state index in [1.54, 1.807) is 0 Å². The van der Waals surface area contributed by atoms with Gasteiger partial charge in [0.25, 0.3) is 0 Å². The van der Waals surface area contributed by atoms with Gasteiger partial charge in [0.05, 0.1) is 11.6 Å². The summed E-state index contributed by atoms with van der Waals surface area (Å²) in [6.07, 6.45) is -4.87. The third kappa shape index (κ3) is 2.44. The monoisotopic (exact) mass is 225 g/mol. The lowest BCUT2D eigenvalue weighted by Crippen LogP contribution is -2.20. The van der Waals surface area contributed by atoms with E-state index >= 15 is 0 Å². The van der Waals surface area contributed by atoms with Crippen molar-refractivity contribution >= 4 is 0 Å². The van der Waals surface area contributed by atoms with Crippen LogP contribution in [0.25, 0.3) is 0 Å². The molecule has 6 heteroatoms. The molecular formula is C9H8F5N. The smallest absolute Gasteiger partial charge is 0.322 e. The van der Waals surface area contributed by atoms with Gasteiger partial charge in [-0.05, 0) is 11.6 Å². The highest BCUT2D eigenvalue weighted by molar-refractivity contribution is 5.33. The van der Waals surface area contributed by atoms with Gasteiger partial charge >= 0.3 is 6.18 Å². The third-order valence-corrected chi connectivity index (χ3v) is 1.90. The van der Waals surface area contributed by atoms with Gasteiger partial charge in [-0.15, -0.1) is 0 Å². The highest BCUT2D eigenvalue weighted by Gasteiger charge is 2.37. The Labute approximate surface area is 82.7 Å². The minimum absolute atomic E-state index is 0.565. The summed E-state index contributed by atoms with van der Waals surface area (Å²) in [6.45, 7) is -1.17. The summed E-state index contributed by atoms with van der Waals surface area (Å²) >= 11 is 0. The normalized spacial score (nSPS) is 14.0. The number of benzene rings is 1. The van der Waals surface area contributed by atoms with E-state index in [-0.39, 0.29) is 0 Å². The zero-order chi connectivity index (χ0) is 11.6. The fourth-order valence-electron chi connectivity index (χ4n) is 1.23. The number of hydrogen-bond acceptors (Lipinski definition) is 1. The average Bonchev–Trinajstić information content (AvgIpc) is 2.14. The molecule has 0 bridgehead atoms. The first-order valence-electron chi connectivity index (χ1n) is 4.05. The molecule has 0 fully saturated rings. The standard InChI is InChI=1S/C9H8F5N/c10-4-7(15)5-2-1-3-6(11)8(5)9(12,13)14/h1-3,7H,4,15H2/t7-/m1/s1. The molecule has 0 saturated carbocycles. The predicted molar refractivity (Wildman–Crippen MR) is 44.3 cm³/mol. The largest absolute Gasteiger partial charge is 0.419 e. The Morgan fingerprint density at radius 1 is 1.27 bits per heavy atom. The van der Waals surface area contributed by atoms with E-state index in [1.807, 2.05) is 0 Å². The van der Waals surface area contributed by atoms with Gasteiger partial charge in [0.2, 0.25) is 0 Å². The molecule has 0 aromatic heterocycles. The van der Waals surface area contributed by atoms with Crippen LogP contribution in [-0.4, -0.2) is 6.67 Å². The van der Waals surface area contributed by atoms with Crippen molar-refractivity contribution in [3.8, 4) is 0 Å². The Bertz CT molecular complexity index is 347. The lowest BCUT2D eigenvalue weighted by atomic mass is 10.0. The van der Waals surface area contributed by atoms with Gasteiger partial charge in [-0.2, -0.15) is 13.2 Å². The van der Waals surface area contributed by atoms with Crippen LogP contribution in [-0.2, 0) is 6.18 Å². The van der Waals surface area contributed by atoms with Crippen LogP contribution in [0.15, 0.2) is 18.2 Å². The molecule has 84 valence electrons. The van der Waals surface area contributed by atoms with Crippen molar-refractivity contribution in [2.45, 2.75) is 12.2 Å². The van der Waals surface area contributed by atoms with Gasteiger partial charge in [-0.3, -0.25) is 0 Å². The average molecular weight is 225 g/mol. The Kier molecular flexibility index (Phi) is 3.28. The SMILES string of the molecule is N[C@H](CF)c1cccc(F)c1C(F)(F)F. The van der Waals surface area contributed by atoms with Crippen LogP contribution in [0.5, 0.6) is 0 Å². The molecule has 1 aromatic rings. The molecular weight excluding hydrogens is 217 g/mol. The zero-order valence-electron chi connectivity index (χ0n) is 7.48. The van der Waals surface area contributed by atoms with Crippen LogP contribution in [0, 0.1) is 5.82 Å². The van der Waals surface area contributed by atoms with Crippen LogP contribution in [0.1, 0.15) is 17.2 Å². The fourth-order valence-corrected chi connectivity index (χ4v) is 1.23. The van der Waals surface area contributed by atoms with Gasteiger partial charge in [0, 0.05) is 0 Å². The van der Waals surface area contributed by atoms with Crippen molar-refractivity contribution in [3.63, 3.8) is 0 Å². The molecule has 0 aliphatic carbocycles. The quantitative estimate of drug-likeness (QED) is 0.769. The molecule has 0 saturated heterocycles. The van der Waals surface area contributed by atoms with Crippen LogP contribution in [0.4, 0.5) is 22.0 Å². The number of alkyl halides is 4. The Morgan fingerprint density at radius 3 is 2.33 bits per heavy atom. The van der Waals surface area contributed by atoms with E-state index in [0.717, 1.165) is 12.1 Å². The van der Waals surface area contributed by atoms with Gasteiger partial charge < -0.3 is 5.73 Å². The number of nitrogens with two attached hydrogens (primary N) is 1. The molecule has 0 aliphatic heterocycles. The summed E-state index contributed by atoms with van der Waals surface area (Å²) in [5.41, 5.74) is 3.06. The first-order valence-corrected chi connectivity index (χ1v) is 4.05. The first kappa shape index (κ1) is 11.9. The summed E-state index contributed by atoms with van der Waals surface area (Å²) in [7, 11) is 0. The molecule has 0 unspecified atom stereocenters. The molecule has 1 rings (SSSR count). The maximum absolute atomic E-state index is 12.9. The summed E-state index contributed by atoms with van der Waals surface area (Å²) in [4.78, 5) is 0. The van der Waals surface area contributed by atoms with Crippen molar-refractivity contribution in [1.29, 1.82) is 0 Å². The van der Waals surface area contributed by atoms with Gasteiger partial charge in [0.1, 0.15) is 12.5 Å². The molecule has 0 radical (unpaired) electrons. The minimum Gasteiger partial charge on any atom is -0.322 e. The summed E-state index contributed by atoms with van der Waals surface area (Å²) in [5, 5.41) is 0. The zero-order valence-corrected chi connectivity index (χ0v) is 7.48. The third-order valence-electron chi connectivity index (χ3n) is 1.90. The number of rotatable bonds is 2. The van der Waals surface area contributed by atoms with Gasteiger partial charge in [0.15, 0.2) is 0 Å². The minimum atomic E-state index is -4.87.